The predicted molar refractivity (Wildman–Crippen MR) is 78.0 cm³/mol. The van der Waals surface area contributed by atoms with E-state index in [1.54, 1.807) is 0 Å². The van der Waals surface area contributed by atoms with Gasteiger partial charge in [0.05, 0.1) is 6.10 Å². The minimum atomic E-state index is 0.383. The van der Waals surface area contributed by atoms with Crippen LogP contribution < -0.4 is 15.4 Å². The normalized spacial score (nSPS) is 25.5. The van der Waals surface area contributed by atoms with Crippen molar-refractivity contribution >= 4 is 6.08 Å². The van der Waals surface area contributed by atoms with E-state index in [9.17, 15) is 0 Å². The quantitative estimate of drug-likeness (QED) is 0.874. The zero-order chi connectivity index (χ0) is 13.1. The number of hydrogen-bond acceptors (Lipinski definition) is 3. The summed E-state index contributed by atoms with van der Waals surface area (Å²) in [5.41, 5.74) is 2.62. The van der Waals surface area contributed by atoms with E-state index in [0.717, 1.165) is 25.1 Å². The first kappa shape index (κ1) is 12.5. The van der Waals surface area contributed by atoms with Gasteiger partial charge in [0.2, 0.25) is 0 Å². The summed E-state index contributed by atoms with van der Waals surface area (Å²) in [5, 5.41) is 6.58. The minimum absolute atomic E-state index is 0.383. The van der Waals surface area contributed by atoms with Gasteiger partial charge < -0.3 is 15.4 Å². The van der Waals surface area contributed by atoms with E-state index in [2.05, 4.69) is 42.0 Å². The number of nitrogens with one attached hydrogen (secondary N) is 2. The average Bonchev–Trinajstić information content (AvgIpc) is 2.48. The van der Waals surface area contributed by atoms with Crippen molar-refractivity contribution < 1.29 is 4.74 Å². The molecule has 2 N–H and O–H groups in total. The summed E-state index contributed by atoms with van der Waals surface area (Å²) in [6.45, 7) is 0.916. The Hall–Kier alpha value is -1.48. The number of ether oxygens (including phenoxy) is 1. The molecule has 1 aromatic carbocycles. The van der Waals surface area contributed by atoms with Crippen molar-refractivity contribution in [2.75, 3.05) is 7.05 Å². The van der Waals surface area contributed by atoms with Gasteiger partial charge in [-0.05, 0) is 68.3 Å². The third-order valence-electron chi connectivity index (χ3n) is 4.18. The molecule has 0 amide bonds. The molecule has 0 spiro atoms. The first-order chi connectivity index (χ1) is 9.35. The van der Waals surface area contributed by atoms with E-state index < -0.39 is 0 Å². The monoisotopic (exact) mass is 258 g/mol. The van der Waals surface area contributed by atoms with Gasteiger partial charge in [-0.1, -0.05) is 6.07 Å². The standard InChI is InChI=1S/C16H22N2O/c1-17-14-3-6-15(7-4-14)19-16-5-2-13-11-18-9-8-12(13)10-16/h2,5,8-10,14-15,17-18H,3-4,6-7,11H2,1H3. The second-order valence-corrected chi connectivity index (χ2v) is 5.46. The fourth-order valence-electron chi connectivity index (χ4n) is 2.94. The van der Waals surface area contributed by atoms with E-state index in [1.807, 2.05) is 6.20 Å². The molecule has 3 heteroatoms. The summed E-state index contributed by atoms with van der Waals surface area (Å²) in [4.78, 5) is 0. The van der Waals surface area contributed by atoms with Crippen molar-refractivity contribution in [2.24, 2.45) is 0 Å². The van der Waals surface area contributed by atoms with Crippen LogP contribution in [0.25, 0.3) is 6.08 Å². The molecular weight excluding hydrogens is 236 g/mol. The van der Waals surface area contributed by atoms with Gasteiger partial charge >= 0.3 is 0 Å². The first-order valence-corrected chi connectivity index (χ1v) is 7.22. The van der Waals surface area contributed by atoms with Gasteiger partial charge in [-0.3, -0.25) is 0 Å². The molecule has 2 aliphatic rings. The van der Waals surface area contributed by atoms with Gasteiger partial charge in [-0.25, -0.2) is 0 Å². The van der Waals surface area contributed by atoms with E-state index in [1.165, 1.54) is 24.0 Å². The molecule has 0 saturated heterocycles. The Labute approximate surface area is 115 Å². The third-order valence-corrected chi connectivity index (χ3v) is 4.18. The molecule has 102 valence electrons. The first-order valence-electron chi connectivity index (χ1n) is 7.22. The SMILES string of the molecule is CNC1CCC(Oc2ccc3c(c2)C=CNC3)CC1. The van der Waals surface area contributed by atoms with E-state index in [4.69, 9.17) is 4.74 Å². The summed E-state index contributed by atoms with van der Waals surface area (Å²) >= 11 is 0. The van der Waals surface area contributed by atoms with Crippen LogP contribution in [0.5, 0.6) is 5.75 Å². The summed E-state index contributed by atoms with van der Waals surface area (Å²) in [7, 11) is 2.05. The lowest BCUT2D eigenvalue weighted by molar-refractivity contribution is 0.141. The van der Waals surface area contributed by atoms with Gasteiger partial charge in [0.15, 0.2) is 0 Å². The summed E-state index contributed by atoms with van der Waals surface area (Å²) in [6, 6.07) is 7.11. The molecule has 1 fully saturated rings. The molecule has 0 aromatic heterocycles. The second-order valence-electron chi connectivity index (χ2n) is 5.46. The molecule has 3 rings (SSSR count). The van der Waals surface area contributed by atoms with Gasteiger partial charge in [-0.2, -0.15) is 0 Å². The maximum absolute atomic E-state index is 6.13. The van der Waals surface area contributed by atoms with E-state index >= 15 is 0 Å². The lowest BCUT2D eigenvalue weighted by Crippen LogP contribution is -2.34. The predicted octanol–water partition coefficient (Wildman–Crippen LogP) is 2.67. The highest BCUT2D eigenvalue weighted by Gasteiger charge is 2.21. The molecule has 0 atom stereocenters. The highest BCUT2D eigenvalue weighted by molar-refractivity contribution is 5.57. The fraction of sp³-hybridized carbons (Fsp3) is 0.500. The van der Waals surface area contributed by atoms with E-state index in [0.29, 0.717) is 12.1 Å². The Morgan fingerprint density at radius 2 is 2.05 bits per heavy atom. The van der Waals surface area contributed by atoms with Gasteiger partial charge in [0.25, 0.3) is 0 Å². The molecule has 1 saturated carbocycles. The van der Waals surface area contributed by atoms with Crippen molar-refractivity contribution in [3.05, 3.63) is 35.5 Å². The molecule has 19 heavy (non-hydrogen) atoms. The third kappa shape index (κ3) is 2.92. The summed E-state index contributed by atoms with van der Waals surface area (Å²) in [5.74, 6) is 1.01. The average molecular weight is 258 g/mol. The van der Waals surface area contributed by atoms with Crippen LogP contribution in [-0.2, 0) is 6.54 Å². The van der Waals surface area contributed by atoms with Crippen molar-refractivity contribution in [1.29, 1.82) is 0 Å². The van der Waals surface area contributed by atoms with Crippen LogP contribution in [-0.4, -0.2) is 19.2 Å². The number of fused-ring (bicyclic) bond motifs is 1. The molecular formula is C16H22N2O. The van der Waals surface area contributed by atoms with Crippen LogP contribution in [0.2, 0.25) is 0 Å². The van der Waals surface area contributed by atoms with Gasteiger partial charge in [0, 0.05) is 12.6 Å². The second kappa shape index (κ2) is 5.66. The zero-order valence-corrected chi connectivity index (χ0v) is 11.5. The molecule has 3 nitrogen and oxygen atoms in total. The van der Waals surface area contributed by atoms with Crippen LogP contribution in [0, 0.1) is 0 Å². The zero-order valence-electron chi connectivity index (χ0n) is 11.5. The Balaban J connectivity index is 1.63. The number of benzene rings is 1. The Bertz CT molecular complexity index is 462. The Morgan fingerprint density at radius 3 is 2.84 bits per heavy atom. The number of rotatable bonds is 3. The molecule has 1 aromatic rings. The maximum Gasteiger partial charge on any atom is 0.120 e. The van der Waals surface area contributed by atoms with Crippen LogP contribution in [0.1, 0.15) is 36.8 Å². The lowest BCUT2D eigenvalue weighted by Gasteiger charge is -2.29. The van der Waals surface area contributed by atoms with Crippen LogP contribution in [0.4, 0.5) is 0 Å². The molecule has 0 bridgehead atoms. The maximum atomic E-state index is 6.13. The smallest absolute Gasteiger partial charge is 0.120 e. The molecule has 0 radical (unpaired) electrons. The summed E-state index contributed by atoms with van der Waals surface area (Å²) in [6.07, 6.45) is 9.24. The molecule has 1 aliphatic carbocycles. The highest BCUT2D eigenvalue weighted by Crippen LogP contribution is 2.26. The summed E-state index contributed by atoms with van der Waals surface area (Å²) < 4.78 is 6.13. The van der Waals surface area contributed by atoms with Gasteiger partial charge in [0.1, 0.15) is 5.75 Å². The highest BCUT2D eigenvalue weighted by atomic mass is 16.5. The van der Waals surface area contributed by atoms with Crippen LogP contribution in [0.3, 0.4) is 0 Å². The van der Waals surface area contributed by atoms with Crippen molar-refractivity contribution in [3.8, 4) is 5.75 Å². The topological polar surface area (TPSA) is 33.3 Å². The van der Waals surface area contributed by atoms with Crippen LogP contribution in [0.15, 0.2) is 24.4 Å². The van der Waals surface area contributed by atoms with Crippen molar-refractivity contribution in [1.82, 2.24) is 10.6 Å². The number of hydrogen-bond donors (Lipinski definition) is 2. The molecule has 1 aliphatic heterocycles. The Kier molecular flexibility index (Phi) is 3.74. The lowest BCUT2D eigenvalue weighted by atomic mass is 9.93. The Morgan fingerprint density at radius 1 is 1.21 bits per heavy atom. The van der Waals surface area contributed by atoms with Gasteiger partial charge in [-0.15, -0.1) is 0 Å². The minimum Gasteiger partial charge on any atom is -0.490 e. The molecule has 1 heterocycles. The fourth-order valence-corrected chi connectivity index (χ4v) is 2.94. The largest absolute Gasteiger partial charge is 0.490 e. The molecule has 0 unspecified atom stereocenters. The van der Waals surface area contributed by atoms with Crippen molar-refractivity contribution in [2.45, 2.75) is 44.4 Å². The van der Waals surface area contributed by atoms with Crippen molar-refractivity contribution in [3.63, 3.8) is 0 Å². The van der Waals surface area contributed by atoms with Crippen LogP contribution >= 0.6 is 0 Å². The van der Waals surface area contributed by atoms with E-state index in [-0.39, 0.29) is 0 Å².